The first kappa shape index (κ1) is 27.6. The van der Waals surface area contributed by atoms with Crippen LogP contribution in [0.15, 0.2) is 12.2 Å². The fraction of sp³-hybridized carbons (Fsp3) is 0.920. The van der Waals surface area contributed by atoms with Gasteiger partial charge in [-0.25, -0.2) is 0 Å². The molecule has 1 aliphatic rings. The fourth-order valence-electron chi connectivity index (χ4n) is 3.89. The second-order valence-electron chi connectivity index (χ2n) is 8.79. The summed E-state index contributed by atoms with van der Waals surface area (Å²) >= 11 is 0. The Morgan fingerprint density at radius 2 is 1.37 bits per heavy atom. The van der Waals surface area contributed by atoms with Crippen LogP contribution in [0, 0.1) is 0 Å². The molecule has 0 unspecified atom stereocenters. The standard InChI is InChI=1S/C25H48O5/c1-2-3-4-5-6-7-8-9-10-11-12-13-14-15-16-17-18-19-29-20-23(27)25-24(28)22(26)21-30-25/h14-15,22-28H,2-13,16-21H2,1H3/b15-14+/t22-,23+,24-,25-/m0/s1. The molecule has 1 saturated heterocycles. The van der Waals surface area contributed by atoms with Gasteiger partial charge >= 0.3 is 0 Å². The van der Waals surface area contributed by atoms with E-state index in [0.717, 1.165) is 19.3 Å². The van der Waals surface area contributed by atoms with E-state index in [1.807, 2.05) is 0 Å². The molecular weight excluding hydrogens is 380 g/mol. The van der Waals surface area contributed by atoms with Crippen LogP contribution in [0.3, 0.4) is 0 Å². The molecule has 0 spiro atoms. The third-order valence-electron chi connectivity index (χ3n) is 5.91. The molecule has 0 bridgehead atoms. The van der Waals surface area contributed by atoms with Crippen molar-refractivity contribution in [2.24, 2.45) is 0 Å². The molecular formula is C25H48O5. The Hall–Kier alpha value is -0.460. The van der Waals surface area contributed by atoms with Gasteiger partial charge in [-0.05, 0) is 32.1 Å². The maximum Gasteiger partial charge on any atom is 0.114 e. The van der Waals surface area contributed by atoms with E-state index in [4.69, 9.17) is 9.47 Å². The predicted octanol–water partition coefficient (Wildman–Crippen LogP) is 4.91. The Morgan fingerprint density at radius 3 is 1.90 bits per heavy atom. The van der Waals surface area contributed by atoms with Crippen LogP contribution in [0.2, 0.25) is 0 Å². The zero-order valence-corrected chi connectivity index (χ0v) is 19.4. The molecule has 178 valence electrons. The summed E-state index contributed by atoms with van der Waals surface area (Å²) in [6.07, 6.45) is 20.6. The highest BCUT2D eigenvalue weighted by Gasteiger charge is 2.39. The summed E-state index contributed by atoms with van der Waals surface area (Å²) in [6.45, 7) is 3.06. The summed E-state index contributed by atoms with van der Waals surface area (Å²) in [5, 5.41) is 29.1. The van der Waals surface area contributed by atoms with E-state index in [1.54, 1.807) is 0 Å². The van der Waals surface area contributed by atoms with E-state index < -0.39 is 24.4 Å². The SMILES string of the molecule is CCCCCCCCCCCCC/C=C/CCCCOC[C@@H](O)[C@@H]1OC[C@H](O)[C@@H]1O. The lowest BCUT2D eigenvalue weighted by Crippen LogP contribution is -2.40. The Morgan fingerprint density at radius 1 is 0.833 bits per heavy atom. The Labute approximate surface area is 184 Å². The molecule has 0 aromatic heterocycles. The number of hydrogen-bond donors (Lipinski definition) is 3. The van der Waals surface area contributed by atoms with Crippen LogP contribution < -0.4 is 0 Å². The largest absolute Gasteiger partial charge is 0.388 e. The number of rotatable bonds is 20. The number of hydrogen-bond acceptors (Lipinski definition) is 5. The second kappa shape index (κ2) is 19.2. The highest BCUT2D eigenvalue weighted by Crippen LogP contribution is 2.18. The van der Waals surface area contributed by atoms with Crippen LogP contribution in [-0.4, -0.2) is 59.6 Å². The van der Waals surface area contributed by atoms with Crippen molar-refractivity contribution in [3.05, 3.63) is 12.2 Å². The van der Waals surface area contributed by atoms with Gasteiger partial charge in [-0.15, -0.1) is 0 Å². The van der Waals surface area contributed by atoms with Gasteiger partial charge in [0.2, 0.25) is 0 Å². The van der Waals surface area contributed by atoms with E-state index in [-0.39, 0.29) is 13.2 Å². The minimum absolute atomic E-state index is 0.0639. The van der Waals surface area contributed by atoms with Crippen molar-refractivity contribution in [1.29, 1.82) is 0 Å². The van der Waals surface area contributed by atoms with Gasteiger partial charge in [0.25, 0.3) is 0 Å². The molecule has 1 fully saturated rings. The van der Waals surface area contributed by atoms with Crippen LogP contribution in [0.25, 0.3) is 0 Å². The smallest absolute Gasteiger partial charge is 0.114 e. The molecule has 0 aromatic rings. The van der Waals surface area contributed by atoms with Crippen molar-refractivity contribution in [2.45, 2.75) is 128 Å². The summed E-state index contributed by atoms with van der Waals surface area (Å²) in [6, 6.07) is 0. The van der Waals surface area contributed by atoms with Crippen LogP contribution >= 0.6 is 0 Å². The first-order valence-electron chi connectivity index (χ1n) is 12.5. The average molecular weight is 429 g/mol. The third-order valence-corrected chi connectivity index (χ3v) is 5.91. The molecule has 4 atom stereocenters. The maximum absolute atomic E-state index is 9.95. The Kier molecular flexibility index (Phi) is 17.7. The summed E-state index contributed by atoms with van der Waals surface area (Å²) in [5.41, 5.74) is 0. The van der Waals surface area contributed by atoms with Crippen molar-refractivity contribution in [2.75, 3.05) is 19.8 Å². The van der Waals surface area contributed by atoms with E-state index in [2.05, 4.69) is 19.1 Å². The van der Waals surface area contributed by atoms with E-state index in [0.29, 0.717) is 6.61 Å². The summed E-state index contributed by atoms with van der Waals surface area (Å²) in [7, 11) is 0. The Bertz CT molecular complexity index is 401. The number of unbranched alkanes of at least 4 members (excludes halogenated alkanes) is 13. The third kappa shape index (κ3) is 13.8. The summed E-state index contributed by atoms with van der Waals surface area (Å²) in [4.78, 5) is 0. The van der Waals surface area contributed by atoms with Gasteiger partial charge in [0, 0.05) is 6.61 Å². The molecule has 3 N–H and O–H groups in total. The zero-order valence-electron chi connectivity index (χ0n) is 19.4. The molecule has 0 aromatic carbocycles. The van der Waals surface area contributed by atoms with E-state index in [1.165, 1.54) is 77.0 Å². The van der Waals surface area contributed by atoms with Crippen LogP contribution in [0.1, 0.15) is 103 Å². The molecule has 0 amide bonds. The lowest BCUT2D eigenvalue weighted by Gasteiger charge is -2.20. The monoisotopic (exact) mass is 428 g/mol. The van der Waals surface area contributed by atoms with E-state index >= 15 is 0 Å². The molecule has 0 saturated carbocycles. The number of ether oxygens (including phenoxy) is 2. The molecule has 1 aliphatic heterocycles. The van der Waals surface area contributed by atoms with Gasteiger partial charge in [-0.2, -0.15) is 0 Å². The minimum Gasteiger partial charge on any atom is -0.388 e. The average Bonchev–Trinajstić information content (AvgIpc) is 3.08. The van der Waals surface area contributed by atoms with Gasteiger partial charge in [0.05, 0.1) is 13.2 Å². The van der Waals surface area contributed by atoms with Crippen LogP contribution in [0.4, 0.5) is 0 Å². The molecule has 5 heteroatoms. The molecule has 5 nitrogen and oxygen atoms in total. The van der Waals surface area contributed by atoms with Crippen molar-refractivity contribution < 1.29 is 24.8 Å². The summed E-state index contributed by atoms with van der Waals surface area (Å²) in [5.74, 6) is 0. The Balaban J connectivity index is 1.78. The molecule has 0 radical (unpaired) electrons. The van der Waals surface area contributed by atoms with Crippen molar-refractivity contribution >= 4 is 0 Å². The molecule has 1 rings (SSSR count). The van der Waals surface area contributed by atoms with Gasteiger partial charge in [-0.1, -0.05) is 83.3 Å². The molecule has 1 heterocycles. The van der Waals surface area contributed by atoms with Crippen molar-refractivity contribution in [3.63, 3.8) is 0 Å². The second-order valence-corrected chi connectivity index (χ2v) is 8.79. The quantitative estimate of drug-likeness (QED) is 0.190. The zero-order chi connectivity index (χ0) is 21.9. The van der Waals surface area contributed by atoms with Gasteiger partial charge in [0.15, 0.2) is 0 Å². The normalized spacial score (nSPS) is 22.9. The first-order valence-corrected chi connectivity index (χ1v) is 12.5. The topological polar surface area (TPSA) is 79.2 Å². The first-order chi connectivity index (χ1) is 14.7. The number of aliphatic hydroxyl groups excluding tert-OH is 3. The predicted molar refractivity (Wildman–Crippen MR) is 123 cm³/mol. The summed E-state index contributed by atoms with van der Waals surface area (Å²) < 4.78 is 10.7. The van der Waals surface area contributed by atoms with Crippen LogP contribution in [-0.2, 0) is 9.47 Å². The van der Waals surface area contributed by atoms with E-state index in [9.17, 15) is 15.3 Å². The molecule has 30 heavy (non-hydrogen) atoms. The lowest BCUT2D eigenvalue weighted by molar-refractivity contribution is -0.0813. The van der Waals surface area contributed by atoms with Gasteiger partial charge in [-0.3, -0.25) is 0 Å². The van der Waals surface area contributed by atoms with Gasteiger partial charge < -0.3 is 24.8 Å². The minimum atomic E-state index is -1.03. The van der Waals surface area contributed by atoms with Crippen molar-refractivity contribution in [1.82, 2.24) is 0 Å². The lowest BCUT2D eigenvalue weighted by atomic mass is 10.1. The highest BCUT2D eigenvalue weighted by atomic mass is 16.5. The van der Waals surface area contributed by atoms with Crippen molar-refractivity contribution in [3.8, 4) is 0 Å². The number of allylic oxidation sites excluding steroid dienone is 2. The molecule has 0 aliphatic carbocycles. The van der Waals surface area contributed by atoms with Gasteiger partial charge in [0.1, 0.15) is 24.4 Å². The highest BCUT2D eigenvalue weighted by molar-refractivity contribution is 4.87. The fourth-order valence-corrected chi connectivity index (χ4v) is 3.89. The number of aliphatic hydroxyl groups is 3. The maximum atomic E-state index is 9.95. The van der Waals surface area contributed by atoms with Crippen LogP contribution in [0.5, 0.6) is 0 Å².